The zero-order valence-corrected chi connectivity index (χ0v) is 17.5. The van der Waals surface area contributed by atoms with Crippen molar-refractivity contribution in [2.45, 2.75) is 11.8 Å². The molecule has 0 amide bonds. The first-order valence-corrected chi connectivity index (χ1v) is 11.1. The molecule has 0 bridgehead atoms. The van der Waals surface area contributed by atoms with Gasteiger partial charge in [0.25, 0.3) is 0 Å². The summed E-state index contributed by atoms with van der Waals surface area (Å²) in [4.78, 5) is 4.49. The predicted octanol–water partition coefficient (Wildman–Crippen LogP) is 7.20. The molecular formula is C31H20N. The fourth-order valence-corrected chi connectivity index (χ4v) is 5.82. The Morgan fingerprint density at radius 1 is 0.438 bits per heavy atom. The summed E-state index contributed by atoms with van der Waals surface area (Å²) in [6.45, 7) is 0. The minimum atomic E-state index is 0.144. The molecule has 4 aromatic carbocycles. The smallest absolute Gasteiger partial charge is 0.0934 e. The van der Waals surface area contributed by atoms with Crippen LogP contribution in [0.25, 0.3) is 22.3 Å². The largest absolute Gasteiger partial charge is 0.254 e. The van der Waals surface area contributed by atoms with E-state index in [-0.39, 0.29) is 11.8 Å². The van der Waals surface area contributed by atoms with E-state index in [1.54, 1.807) is 0 Å². The summed E-state index contributed by atoms with van der Waals surface area (Å²) < 4.78 is 0. The molecule has 0 spiro atoms. The highest BCUT2D eigenvalue weighted by atomic mass is 14.6. The average molecular weight is 407 g/mol. The number of hydrogen-bond acceptors (Lipinski definition) is 1. The number of fused-ring (bicyclic) bond motifs is 6. The van der Waals surface area contributed by atoms with Crippen LogP contribution in [0, 0.1) is 6.20 Å². The predicted molar refractivity (Wildman–Crippen MR) is 129 cm³/mol. The van der Waals surface area contributed by atoms with E-state index >= 15 is 0 Å². The molecule has 0 atom stereocenters. The molecular weight excluding hydrogens is 386 g/mol. The zero-order valence-electron chi connectivity index (χ0n) is 17.5. The molecule has 2 aliphatic rings. The lowest BCUT2D eigenvalue weighted by Crippen LogP contribution is -2.09. The molecule has 0 fully saturated rings. The van der Waals surface area contributed by atoms with Gasteiger partial charge in [0.05, 0.1) is 6.20 Å². The molecule has 0 saturated heterocycles. The number of benzene rings is 4. The molecule has 0 N–H and O–H groups in total. The van der Waals surface area contributed by atoms with E-state index in [0.29, 0.717) is 0 Å². The Morgan fingerprint density at radius 3 is 1.31 bits per heavy atom. The van der Waals surface area contributed by atoms with E-state index in [1.165, 1.54) is 55.6 Å². The van der Waals surface area contributed by atoms with Crippen molar-refractivity contribution in [3.05, 3.63) is 149 Å². The standard InChI is InChI=1S/C31H20N/c1-5-13-24-20(9-1)21-10-2-6-14-25(21)30(24)28-17-18-32-19-29(28)31-26-15-7-3-11-22(26)23-12-4-8-16-27(23)31/h1-18,30-31H. The normalized spacial score (nSPS) is 14.0. The second-order valence-corrected chi connectivity index (χ2v) is 8.64. The average Bonchev–Trinajstić information content (AvgIpc) is 3.37. The quantitative estimate of drug-likeness (QED) is 0.296. The summed E-state index contributed by atoms with van der Waals surface area (Å²) in [7, 11) is 0. The van der Waals surface area contributed by atoms with Gasteiger partial charge < -0.3 is 0 Å². The van der Waals surface area contributed by atoms with Crippen molar-refractivity contribution >= 4 is 0 Å². The number of rotatable bonds is 2. The Bertz CT molecular complexity index is 1290. The number of aromatic nitrogens is 1. The van der Waals surface area contributed by atoms with Crippen LogP contribution in [-0.4, -0.2) is 4.98 Å². The van der Waals surface area contributed by atoms with E-state index < -0.39 is 0 Å². The van der Waals surface area contributed by atoms with E-state index in [4.69, 9.17) is 0 Å². The van der Waals surface area contributed by atoms with Crippen molar-refractivity contribution in [1.82, 2.24) is 4.98 Å². The molecule has 32 heavy (non-hydrogen) atoms. The van der Waals surface area contributed by atoms with Crippen molar-refractivity contribution in [2.24, 2.45) is 0 Å². The fraction of sp³-hybridized carbons (Fsp3) is 0.0645. The molecule has 1 nitrogen and oxygen atoms in total. The maximum Gasteiger partial charge on any atom is 0.0934 e. The third-order valence-electron chi connectivity index (χ3n) is 7.09. The summed E-state index contributed by atoms with van der Waals surface area (Å²) in [5.74, 6) is 0.336. The molecule has 2 aliphatic carbocycles. The maximum atomic E-state index is 4.49. The molecule has 1 radical (unpaired) electrons. The first-order valence-electron chi connectivity index (χ1n) is 11.1. The summed E-state index contributed by atoms with van der Waals surface area (Å²) in [6.07, 6.45) is 5.35. The van der Waals surface area contributed by atoms with Gasteiger partial charge in [-0.3, -0.25) is 4.98 Å². The summed E-state index contributed by atoms with van der Waals surface area (Å²) >= 11 is 0. The van der Waals surface area contributed by atoms with Crippen LogP contribution in [0.4, 0.5) is 0 Å². The minimum absolute atomic E-state index is 0.144. The topological polar surface area (TPSA) is 12.9 Å². The van der Waals surface area contributed by atoms with Crippen LogP contribution < -0.4 is 0 Å². The van der Waals surface area contributed by atoms with Crippen LogP contribution in [0.3, 0.4) is 0 Å². The molecule has 1 heterocycles. The first kappa shape index (κ1) is 17.7. The maximum absolute atomic E-state index is 4.49. The number of pyridine rings is 1. The van der Waals surface area contributed by atoms with E-state index in [0.717, 1.165) is 0 Å². The van der Waals surface area contributed by atoms with Crippen molar-refractivity contribution in [1.29, 1.82) is 0 Å². The molecule has 7 rings (SSSR count). The van der Waals surface area contributed by atoms with E-state index in [9.17, 15) is 0 Å². The monoisotopic (exact) mass is 406 g/mol. The Kier molecular flexibility index (Phi) is 3.74. The van der Waals surface area contributed by atoms with Gasteiger partial charge in [-0.15, -0.1) is 0 Å². The van der Waals surface area contributed by atoms with Gasteiger partial charge in [0.2, 0.25) is 0 Å². The van der Waals surface area contributed by atoms with Crippen molar-refractivity contribution < 1.29 is 0 Å². The highest BCUT2D eigenvalue weighted by molar-refractivity contribution is 5.83. The molecule has 0 aliphatic heterocycles. The van der Waals surface area contributed by atoms with Crippen LogP contribution in [0.5, 0.6) is 0 Å². The van der Waals surface area contributed by atoms with Crippen molar-refractivity contribution in [3.8, 4) is 22.3 Å². The highest BCUT2D eigenvalue weighted by Gasteiger charge is 2.36. The van der Waals surface area contributed by atoms with E-state index in [2.05, 4.69) is 114 Å². The first-order chi connectivity index (χ1) is 15.9. The molecule has 149 valence electrons. The SMILES string of the molecule is [c]1nccc(C2c3ccccc3-c3ccccc32)c1C1c2ccccc2-c2ccccc21. The third kappa shape index (κ3) is 2.37. The fourth-order valence-electron chi connectivity index (χ4n) is 5.82. The van der Waals surface area contributed by atoms with Crippen LogP contribution in [0.2, 0.25) is 0 Å². The second kappa shape index (κ2) is 6.77. The number of nitrogens with zero attached hydrogens (tertiary/aromatic N) is 1. The zero-order chi connectivity index (χ0) is 21.1. The lowest BCUT2D eigenvalue weighted by molar-refractivity contribution is 0.908. The number of hydrogen-bond donors (Lipinski definition) is 0. The van der Waals surface area contributed by atoms with Crippen molar-refractivity contribution in [2.75, 3.05) is 0 Å². The molecule has 0 unspecified atom stereocenters. The molecule has 1 aromatic heterocycles. The Morgan fingerprint density at radius 2 is 0.844 bits per heavy atom. The van der Waals surface area contributed by atoms with Gasteiger partial charge in [-0.25, -0.2) is 0 Å². The van der Waals surface area contributed by atoms with Crippen LogP contribution in [-0.2, 0) is 0 Å². The van der Waals surface area contributed by atoms with Crippen LogP contribution in [0.15, 0.2) is 109 Å². The van der Waals surface area contributed by atoms with Gasteiger partial charge in [0.1, 0.15) is 0 Å². The van der Waals surface area contributed by atoms with E-state index in [1.807, 2.05) is 6.20 Å². The van der Waals surface area contributed by atoms with Crippen LogP contribution >= 0.6 is 0 Å². The Hall–Kier alpha value is -3.97. The van der Waals surface area contributed by atoms with Crippen molar-refractivity contribution in [3.63, 3.8) is 0 Å². The van der Waals surface area contributed by atoms with Gasteiger partial charge in [0.15, 0.2) is 0 Å². The highest BCUT2D eigenvalue weighted by Crippen LogP contribution is 2.53. The second-order valence-electron chi connectivity index (χ2n) is 8.64. The molecule has 5 aromatic rings. The summed E-state index contributed by atoms with van der Waals surface area (Å²) in [5, 5.41) is 0. The summed E-state index contributed by atoms with van der Waals surface area (Å²) in [5.41, 5.74) is 13.2. The Labute approximate surface area is 188 Å². The van der Waals surface area contributed by atoms with Crippen LogP contribution in [0.1, 0.15) is 45.2 Å². The van der Waals surface area contributed by atoms with Gasteiger partial charge >= 0.3 is 0 Å². The lowest BCUT2D eigenvalue weighted by Gasteiger charge is -2.22. The lowest BCUT2D eigenvalue weighted by atomic mass is 9.80. The van der Waals surface area contributed by atoms with Gasteiger partial charge in [-0.1, -0.05) is 97.1 Å². The van der Waals surface area contributed by atoms with Gasteiger partial charge in [0, 0.05) is 18.0 Å². The van der Waals surface area contributed by atoms with Gasteiger partial charge in [-0.2, -0.15) is 0 Å². The van der Waals surface area contributed by atoms with Gasteiger partial charge in [-0.05, 0) is 61.7 Å². The molecule has 1 heteroatoms. The Balaban J connectivity index is 1.50. The third-order valence-corrected chi connectivity index (χ3v) is 7.09. The summed E-state index contributed by atoms with van der Waals surface area (Å²) in [6, 6.07) is 37.4. The molecule has 0 saturated carbocycles. The minimum Gasteiger partial charge on any atom is -0.254 e.